The second kappa shape index (κ2) is 7.96. The van der Waals surface area contributed by atoms with E-state index >= 15 is 0 Å². The molecule has 0 spiro atoms. The van der Waals surface area contributed by atoms with E-state index in [2.05, 4.69) is 10.3 Å². The Kier molecular flexibility index (Phi) is 5.65. The molecule has 1 aromatic carbocycles. The predicted molar refractivity (Wildman–Crippen MR) is 104 cm³/mol. The van der Waals surface area contributed by atoms with Gasteiger partial charge in [0.25, 0.3) is 5.91 Å². The molecule has 1 amide bonds. The molecule has 1 aromatic heterocycles. The van der Waals surface area contributed by atoms with Crippen LogP contribution in [-0.2, 0) is 16.4 Å². The van der Waals surface area contributed by atoms with Crippen molar-refractivity contribution in [3.63, 3.8) is 0 Å². The Morgan fingerprint density at radius 1 is 1.30 bits per heavy atom. The van der Waals surface area contributed by atoms with Gasteiger partial charge in [0.1, 0.15) is 11.4 Å². The quantitative estimate of drug-likeness (QED) is 0.808. The lowest BCUT2D eigenvalue weighted by molar-refractivity contribution is 0.0946. The molecule has 8 heteroatoms. The van der Waals surface area contributed by atoms with Gasteiger partial charge in [0, 0.05) is 31.5 Å². The molecule has 1 unspecified atom stereocenters. The summed E-state index contributed by atoms with van der Waals surface area (Å²) in [5, 5.41) is 2.84. The minimum absolute atomic E-state index is 0.0763. The van der Waals surface area contributed by atoms with Crippen LogP contribution in [0.15, 0.2) is 42.6 Å². The van der Waals surface area contributed by atoms with Gasteiger partial charge in [-0.15, -0.1) is 0 Å². The summed E-state index contributed by atoms with van der Waals surface area (Å²) < 4.78 is 28.5. The summed E-state index contributed by atoms with van der Waals surface area (Å²) in [4.78, 5) is 18.5. The van der Waals surface area contributed by atoms with Gasteiger partial charge in [-0.3, -0.25) is 9.78 Å². The van der Waals surface area contributed by atoms with Gasteiger partial charge in [0.2, 0.25) is 0 Å². The number of sulfone groups is 1. The number of pyridine rings is 1. The lowest BCUT2D eigenvalue weighted by Gasteiger charge is -2.25. The Morgan fingerprint density at radius 2 is 2.04 bits per heavy atom. The van der Waals surface area contributed by atoms with E-state index in [1.165, 1.54) is 0 Å². The van der Waals surface area contributed by atoms with Gasteiger partial charge in [0.15, 0.2) is 9.84 Å². The molecule has 2 aromatic rings. The first-order valence-electron chi connectivity index (χ1n) is 8.68. The van der Waals surface area contributed by atoms with Crippen LogP contribution >= 0.6 is 0 Å². The Labute approximate surface area is 159 Å². The molecule has 0 radical (unpaired) electrons. The molecule has 1 aliphatic heterocycles. The number of hydrogen-bond donors (Lipinski definition) is 1. The third-order valence-corrected chi connectivity index (χ3v) is 6.50. The topological polar surface area (TPSA) is 88.6 Å². The van der Waals surface area contributed by atoms with E-state index in [4.69, 9.17) is 4.74 Å². The summed E-state index contributed by atoms with van der Waals surface area (Å²) in [5.74, 6) is 0.837. The van der Waals surface area contributed by atoms with Gasteiger partial charge >= 0.3 is 0 Å². The monoisotopic (exact) mass is 389 g/mol. The van der Waals surface area contributed by atoms with E-state index in [1.807, 2.05) is 36.2 Å². The zero-order chi connectivity index (χ0) is 19.4. The van der Waals surface area contributed by atoms with Gasteiger partial charge < -0.3 is 15.0 Å². The van der Waals surface area contributed by atoms with Crippen LogP contribution in [-0.4, -0.2) is 51.0 Å². The smallest absolute Gasteiger partial charge is 0.270 e. The molecule has 0 aliphatic carbocycles. The number of methoxy groups -OCH3 is 1. The number of benzene rings is 1. The highest BCUT2D eigenvalue weighted by Crippen LogP contribution is 2.23. The van der Waals surface area contributed by atoms with E-state index in [-0.39, 0.29) is 23.5 Å². The second-order valence-electron chi connectivity index (χ2n) is 6.60. The highest BCUT2D eigenvalue weighted by atomic mass is 32.2. The molecule has 0 saturated carbocycles. The first-order valence-corrected chi connectivity index (χ1v) is 10.5. The van der Waals surface area contributed by atoms with Gasteiger partial charge in [-0.05, 0) is 36.2 Å². The van der Waals surface area contributed by atoms with E-state index in [0.29, 0.717) is 18.7 Å². The van der Waals surface area contributed by atoms with Gasteiger partial charge in [-0.2, -0.15) is 0 Å². The van der Waals surface area contributed by atoms with Crippen LogP contribution in [0.4, 0.5) is 5.69 Å². The van der Waals surface area contributed by atoms with Crippen LogP contribution in [0, 0.1) is 0 Å². The molecule has 1 atom stereocenters. The predicted octanol–water partition coefficient (Wildman–Crippen LogP) is 1.64. The Bertz CT molecular complexity index is 913. The first kappa shape index (κ1) is 19.2. The number of amides is 1. The number of hydrogen-bond acceptors (Lipinski definition) is 6. The molecule has 2 heterocycles. The zero-order valence-corrected chi connectivity index (χ0v) is 16.2. The fourth-order valence-electron chi connectivity index (χ4n) is 3.07. The van der Waals surface area contributed by atoms with Crippen molar-refractivity contribution in [3.05, 3.63) is 53.9 Å². The lowest BCUT2D eigenvalue weighted by atomic mass is 10.2. The average molecular weight is 389 g/mol. The number of nitrogens with one attached hydrogen (secondary N) is 1. The van der Waals surface area contributed by atoms with Crippen LogP contribution < -0.4 is 15.0 Å². The molecule has 27 heavy (non-hydrogen) atoms. The van der Waals surface area contributed by atoms with Crippen molar-refractivity contribution in [2.75, 3.05) is 30.6 Å². The normalized spacial score (nSPS) is 18.1. The number of ether oxygens (including phenoxy) is 1. The Balaban J connectivity index is 1.64. The largest absolute Gasteiger partial charge is 0.497 e. The van der Waals surface area contributed by atoms with Gasteiger partial charge in [-0.25, -0.2) is 8.42 Å². The van der Waals surface area contributed by atoms with Crippen LogP contribution in [0.5, 0.6) is 5.75 Å². The molecular weight excluding hydrogens is 366 g/mol. The number of carbonyl (C=O) groups is 1. The highest BCUT2D eigenvalue weighted by molar-refractivity contribution is 7.91. The first-order chi connectivity index (χ1) is 12.9. The lowest BCUT2D eigenvalue weighted by Crippen LogP contribution is -2.33. The zero-order valence-electron chi connectivity index (χ0n) is 15.4. The summed E-state index contributed by atoms with van der Waals surface area (Å²) in [5.41, 5.74) is 2.03. The molecule has 0 bridgehead atoms. The molecule has 144 valence electrons. The minimum Gasteiger partial charge on any atom is -0.497 e. The average Bonchev–Trinajstić information content (AvgIpc) is 3.05. The minimum atomic E-state index is -2.96. The standard InChI is InChI=1S/C19H23N3O4S/c1-22(16-8-10-27(24,25)13-16)15-7-9-20-18(11-15)19(23)21-12-14-3-5-17(26-2)6-4-14/h3-7,9,11,16H,8,10,12-13H2,1-2H3,(H,21,23). The van der Waals surface area contributed by atoms with E-state index < -0.39 is 9.84 Å². The number of nitrogens with zero attached hydrogens (tertiary/aromatic N) is 2. The number of anilines is 1. The second-order valence-corrected chi connectivity index (χ2v) is 8.83. The third kappa shape index (κ3) is 4.77. The molecule has 1 fully saturated rings. The number of aromatic nitrogens is 1. The molecule has 1 saturated heterocycles. The molecule has 1 N–H and O–H groups in total. The molecular formula is C19H23N3O4S. The number of rotatable bonds is 6. The van der Waals surface area contributed by atoms with Crippen LogP contribution in [0.2, 0.25) is 0 Å². The van der Waals surface area contributed by atoms with E-state index in [9.17, 15) is 13.2 Å². The molecule has 3 rings (SSSR count). The summed E-state index contributed by atoms with van der Waals surface area (Å²) >= 11 is 0. The fourth-order valence-corrected chi connectivity index (χ4v) is 4.85. The molecule has 1 aliphatic rings. The van der Waals surface area contributed by atoms with Gasteiger partial charge in [0.05, 0.1) is 18.6 Å². The van der Waals surface area contributed by atoms with Crippen LogP contribution in [0.3, 0.4) is 0 Å². The Hall–Kier alpha value is -2.61. The van der Waals surface area contributed by atoms with Crippen molar-refractivity contribution in [3.8, 4) is 5.75 Å². The van der Waals surface area contributed by atoms with Crippen LogP contribution in [0.1, 0.15) is 22.5 Å². The SMILES string of the molecule is COc1ccc(CNC(=O)c2cc(N(C)C3CCS(=O)(=O)C3)ccn2)cc1. The van der Waals surface area contributed by atoms with E-state index in [1.54, 1.807) is 25.4 Å². The summed E-state index contributed by atoms with van der Waals surface area (Å²) in [6.07, 6.45) is 2.16. The van der Waals surface area contributed by atoms with Crippen molar-refractivity contribution < 1.29 is 17.9 Å². The van der Waals surface area contributed by atoms with Crippen molar-refractivity contribution in [2.45, 2.75) is 19.0 Å². The van der Waals surface area contributed by atoms with Gasteiger partial charge in [-0.1, -0.05) is 12.1 Å². The molecule has 7 nitrogen and oxygen atoms in total. The summed E-state index contributed by atoms with van der Waals surface area (Å²) in [7, 11) is 0.487. The van der Waals surface area contributed by atoms with Crippen molar-refractivity contribution >= 4 is 21.4 Å². The fraction of sp³-hybridized carbons (Fsp3) is 0.368. The van der Waals surface area contributed by atoms with Crippen molar-refractivity contribution in [1.82, 2.24) is 10.3 Å². The van der Waals surface area contributed by atoms with Crippen LogP contribution in [0.25, 0.3) is 0 Å². The maximum absolute atomic E-state index is 12.4. The maximum Gasteiger partial charge on any atom is 0.270 e. The number of carbonyl (C=O) groups excluding carboxylic acids is 1. The third-order valence-electron chi connectivity index (χ3n) is 4.75. The highest BCUT2D eigenvalue weighted by Gasteiger charge is 2.31. The van der Waals surface area contributed by atoms with Crippen molar-refractivity contribution in [2.24, 2.45) is 0 Å². The summed E-state index contributed by atoms with van der Waals surface area (Å²) in [6, 6.07) is 10.8. The summed E-state index contributed by atoms with van der Waals surface area (Å²) in [6.45, 7) is 0.380. The van der Waals surface area contributed by atoms with E-state index in [0.717, 1.165) is 17.0 Å². The maximum atomic E-state index is 12.4. The Morgan fingerprint density at radius 3 is 2.67 bits per heavy atom. The van der Waals surface area contributed by atoms with Crippen molar-refractivity contribution in [1.29, 1.82) is 0 Å².